The van der Waals surface area contributed by atoms with E-state index in [0.29, 0.717) is 17.0 Å². The number of hydrogen-bond donors (Lipinski definition) is 1. The Morgan fingerprint density at radius 1 is 0.958 bits per heavy atom. The van der Waals surface area contributed by atoms with Crippen LogP contribution in [0.4, 0.5) is 5.69 Å². The second kappa shape index (κ2) is 5.31. The lowest BCUT2D eigenvalue weighted by atomic mass is 10.1. The first kappa shape index (κ1) is 14.1. The van der Waals surface area contributed by atoms with Gasteiger partial charge in [-0.25, -0.2) is 0 Å². The topological polar surface area (TPSA) is 81.6 Å². The molecule has 0 bridgehead atoms. The molecule has 0 saturated carbocycles. The highest BCUT2D eigenvalue weighted by Gasteiger charge is 2.28. The summed E-state index contributed by atoms with van der Waals surface area (Å²) in [5, 5.41) is 17.0. The maximum absolute atomic E-state index is 12.6. The van der Waals surface area contributed by atoms with E-state index in [1.165, 1.54) is 12.1 Å². The number of carbonyl (C=O) groups is 2. The second-order valence-electron chi connectivity index (χ2n) is 5.48. The average molecular weight is 315 g/mol. The van der Waals surface area contributed by atoms with E-state index in [1.54, 1.807) is 18.2 Å². The van der Waals surface area contributed by atoms with Crippen LogP contribution in [0.3, 0.4) is 0 Å². The van der Waals surface area contributed by atoms with Gasteiger partial charge in [0.25, 0.3) is 0 Å². The van der Waals surface area contributed by atoms with Crippen LogP contribution in [-0.2, 0) is 0 Å². The quantitative estimate of drug-likeness (QED) is 0.751. The van der Waals surface area contributed by atoms with Crippen molar-refractivity contribution in [1.82, 2.24) is 0 Å². The number of ketones is 1. The van der Waals surface area contributed by atoms with Gasteiger partial charge in [0.15, 0.2) is 0 Å². The van der Waals surface area contributed by atoms with Crippen LogP contribution < -0.4 is 10.5 Å². The fourth-order valence-electron chi connectivity index (χ4n) is 2.92. The number of nitrogens with zero attached hydrogens (tertiary/aromatic N) is 1. The summed E-state index contributed by atoms with van der Waals surface area (Å²) < 4.78 is 0. The van der Waals surface area contributed by atoms with Crippen molar-refractivity contribution in [3.63, 3.8) is 0 Å². The summed E-state index contributed by atoms with van der Waals surface area (Å²) in [6.45, 7) is 0. The summed E-state index contributed by atoms with van der Waals surface area (Å²) in [5.74, 6) is -1.41. The van der Waals surface area contributed by atoms with E-state index < -0.39 is 5.97 Å². The third-order valence-electron chi connectivity index (χ3n) is 4.01. The van der Waals surface area contributed by atoms with E-state index in [-0.39, 0.29) is 11.3 Å². The first-order valence-electron chi connectivity index (χ1n) is 7.37. The summed E-state index contributed by atoms with van der Waals surface area (Å²) in [6, 6.07) is 17.4. The molecule has 0 atom stereocenters. The first-order valence-corrected chi connectivity index (χ1v) is 7.37. The number of anilines is 1. The lowest BCUT2D eigenvalue weighted by Gasteiger charge is -2.06. The standard InChI is InChI=1S/C19H12N2O3/c22-18-15-9-3-5-11-4-2-8-14(16(11)15)17(18)21-20-13-7-1-6-12(10-13)19(23)24/h1-10,20H,(H,23,24)/p-1/b21-17-. The number of carboxylic acid groups (broad SMARTS) is 1. The van der Waals surface area contributed by atoms with E-state index in [0.717, 1.165) is 16.3 Å². The number of carboxylic acids is 1. The molecule has 0 amide bonds. The predicted octanol–water partition coefficient (Wildman–Crippen LogP) is 2.22. The van der Waals surface area contributed by atoms with Crippen molar-refractivity contribution < 1.29 is 14.7 Å². The Kier molecular flexibility index (Phi) is 3.13. The molecule has 4 rings (SSSR count). The third kappa shape index (κ3) is 2.14. The van der Waals surface area contributed by atoms with Crippen molar-refractivity contribution >= 4 is 33.9 Å². The van der Waals surface area contributed by atoms with Crippen LogP contribution in [0, 0.1) is 0 Å². The van der Waals surface area contributed by atoms with E-state index >= 15 is 0 Å². The van der Waals surface area contributed by atoms with Crippen LogP contribution in [0.15, 0.2) is 65.8 Å². The number of Topliss-reactive ketones (excluding diaryl/α,β-unsaturated/α-hetero) is 1. The predicted molar refractivity (Wildman–Crippen MR) is 89.2 cm³/mol. The lowest BCUT2D eigenvalue weighted by Crippen LogP contribution is -2.22. The zero-order valence-electron chi connectivity index (χ0n) is 12.4. The monoisotopic (exact) mass is 315 g/mol. The molecule has 0 spiro atoms. The molecule has 0 heterocycles. The third-order valence-corrected chi connectivity index (χ3v) is 4.01. The molecule has 5 heteroatoms. The zero-order valence-corrected chi connectivity index (χ0v) is 12.4. The van der Waals surface area contributed by atoms with Gasteiger partial charge in [0.2, 0.25) is 5.78 Å². The van der Waals surface area contributed by atoms with Crippen molar-refractivity contribution in [2.24, 2.45) is 5.10 Å². The van der Waals surface area contributed by atoms with Gasteiger partial charge in [0.1, 0.15) is 5.71 Å². The smallest absolute Gasteiger partial charge is 0.214 e. The van der Waals surface area contributed by atoms with Gasteiger partial charge >= 0.3 is 0 Å². The molecule has 0 saturated heterocycles. The Bertz CT molecular complexity index is 1030. The van der Waals surface area contributed by atoms with Crippen molar-refractivity contribution in [3.8, 4) is 0 Å². The molecule has 3 aromatic carbocycles. The van der Waals surface area contributed by atoms with E-state index in [1.807, 2.05) is 30.3 Å². The number of hydrogen-bond acceptors (Lipinski definition) is 5. The zero-order chi connectivity index (χ0) is 16.7. The number of carbonyl (C=O) groups excluding carboxylic acids is 2. The summed E-state index contributed by atoms with van der Waals surface area (Å²) in [4.78, 5) is 23.5. The minimum absolute atomic E-state index is 0.0448. The molecular weight excluding hydrogens is 304 g/mol. The van der Waals surface area contributed by atoms with Gasteiger partial charge in [-0.2, -0.15) is 5.10 Å². The summed E-state index contributed by atoms with van der Waals surface area (Å²) in [5.41, 5.74) is 5.01. The summed E-state index contributed by atoms with van der Waals surface area (Å²) in [7, 11) is 0. The molecule has 116 valence electrons. The van der Waals surface area contributed by atoms with Crippen molar-refractivity contribution in [1.29, 1.82) is 0 Å². The Morgan fingerprint density at radius 3 is 2.42 bits per heavy atom. The van der Waals surface area contributed by atoms with Crippen LogP contribution in [0.25, 0.3) is 10.8 Å². The number of rotatable bonds is 3. The summed E-state index contributed by atoms with van der Waals surface area (Å²) in [6.07, 6.45) is 0. The molecule has 1 N–H and O–H groups in total. The first-order chi connectivity index (χ1) is 11.6. The Balaban J connectivity index is 1.75. The number of aromatic carboxylic acids is 1. The highest BCUT2D eigenvalue weighted by atomic mass is 16.4. The Labute approximate surface area is 137 Å². The molecular formula is C19H11N2O3-. The molecule has 0 aliphatic heterocycles. The fourth-order valence-corrected chi connectivity index (χ4v) is 2.92. The molecule has 0 aromatic heterocycles. The molecule has 3 aromatic rings. The number of hydrazone groups is 1. The number of benzene rings is 3. The van der Waals surface area contributed by atoms with Crippen LogP contribution in [0.2, 0.25) is 0 Å². The van der Waals surface area contributed by atoms with E-state index in [2.05, 4.69) is 10.5 Å². The van der Waals surface area contributed by atoms with Crippen molar-refractivity contribution in [2.45, 2.75) is 0 Å². The van der Waals surface area contributed by atoms with Gasteiger partial charge in [-0.15, -0.1) is 0 Å². The van der Waals surface area contributed by atoms with Crippen molar-refractivity contribution in [2.75, 3.05) is 5.43 Å². The maximum Gasteiger partial charge on any atom is 0.214 e. The minimum Gasteiger partial charge on any atom is -0.545 e. The largest absolute Gasteiger partial charge is 0.545 e. The van der Waals surface area contributed by atoms with Crippen LogP contribution in [-0.4, -0.2) is 17.5 Å². The highest BCUT2D eigenvalue weighted by molar-refractivity contribution is 6.59. The van der Waals surface area contributed by atoms with E-state index in [9.17, 15) is 14.7 Å². The van der Waals surface area contributed by atoms with Gasteiger partial charge in [0.05, 0.1) is 11.7 Å². The Hall–Kier alpha value is -3.47. The van der Waals surface area contributed by atoms with Gasteiger partial charge in [0, 0.05) is 16.5 Å². The van der Waals surface area contributed by atoms with Gasteiger partial charge in [-0.3, -0.25) is 10.2 Å². The molecule has 0 unspecified atom stereocenters. The van der Waals surface area contributed by atoms with Crippen LogP contribution >= 0.6 is 0 Å². The van der Waals surface area contributed by atoms with Crippen LogP contribution in [0.5, 0.6) is 0 Å². The van der Waals surface area contributed by atoms with Gasteiger partial charge in [-0.05, 0) is 23.1 Å². The second-order valence-corrected chi connectivity index (χ2v) is 5.48. The molecule has 1 aliphatic rings. The van der Waals surface area contributed by atoms with Crippen molar-refractivity contribution in [3.05, 3.63) is 77.4 Å². The molecule has 1 aliphatic carbocycles. The van der Waals surface area contributed by atoms with Gasteiger partial charge < -0.3 is 9.90 Å². The Morgan fingerprint density at radius 2 is 1.67 bits per heavy atom. The highest BCUT2D eigenvalue weighted by Crippen LogP contribution is 2.31. The summed E-state index contributed by atoms with van der Waals surface area (Å²) >= 11 is 0. The molecule has 24 heavy (non-hydrogen) atoms. The number of nitrogens with one attached hydrogen (secondary N) is 1. The fraction of sp³-hybridized carbons (Fsp3) is 0. The average Bonchev–Trinajstić information content (AvgIpc) is 2.88. The SMILES string of the molecule is O=C([O-])c1cccc(N/N=C2\C(=O)c3cccc4cccc2c34)c1. The van der Waals surface area contributed by atoms with E-state index in [4.69, 9.17) is 0 Å². The maximum atomic E-state index is 12.6. The molecule has 0 fully saturated rings. The molecule has 0 radical (unpaired) electrons. The van der Waals surface area contributed by atoms with Crippen LogP contribution in [0.1, 0.15) is 26.3 Å². The minimum atomic E-state index is -1.26. The normalized spacial score (nSPS) is 14.3. The molecule has 5 nitrogen and oxygen atoms in total. The lowest BCUT2D eigenvalue weighted by molar-refractivity contribution is -0.255. The van der Waals surface area contributed by atoms with Gasteiger partial charge in [-0.1, -0.05) is 48.5 Å².